The maximum Gasteiger partial charge on any atom is 0.230 e. The van der Waals surface area contributed by atoms with Crippen LogP contribution in [0.2, 0.25) is 0 Å². The molecule has 3 heteroatoms. The van der Waals surface area contributed by atoms with Gasteiger partial charge in [-0.15, -0.1) is 0 Å². The van der Waals surface area contributed by atoms with E-state index in [0.29, 0.717) is 6.42 Å². The Morgan fingerprint density at radius 2 is 1.72 bits per heavy atom. The highest BCUT2D eigenvalue weighted by Gasteiger charge is 2.33. The van der Waals surface area contributed by atoms with Crippen LogP contribution >= 0.6 is 0 Å². The molecule has 0 atom stereocenters. The number of carbonyl (C=O) groups is 1. The van der Waals surface area contributed by atoms with Crippen LogP contribution in [0.3, 0.4) is 0 Å². The molecule has 0 saturated carbocycles. The van der Waals surface area contributed by atoms with Crippen molar-refractivity contribution in [3.63, 3.8) is 0 Å². The molecule has 1 aromatic rings. The molecule has 0 spiro atoms. The van der Waals surface area contributed by atoms with Crippen LogP contribution in [0.25, 0.3) is 0 Å². The van der Waals surface area contributed by atoms with Gasteiger partial charge in [-0.1, -0.05) is 30.3 Å². The third-order valence-electron chi connectivity index (χ3n) is 3.25. The van der Waals surface area contributed by atoms with Crippen molar-refractivity contribution in [2.45, 2.75) is 45.1 Å². The van der Waals surface area contributed by atoms with Gasteiger partial charge in [0, 0.05) is 12.1 Å². The van der Waals surface area contributed by atoms with Crippen molar-refractivity contribution >= 4 is 5.91 Å². The lowest BCUT2D eigenvalue weighted by molar-refractivity contribution is -0.127. The Balaban J connectivity index is 2.83. The number of rotatable bonds is 5. The molecule has 0 bridgehead atoms. The third kappa shape index (κ3) is 3.57. The van der Waals surface area contributed by atoms with E-state index in [9.17, 15) is 4.79 Å². The van der Waals surface area contributed by atoms with Crippen LogP contribution in [0, 0.1) is 0 Å². The monoisotopic (exact) mass is 249 g/mol. The van der Waals surface area contributed by atoms with E-state index < -0.39 is 11.0 Å². The van der Waals surface area contributed by atoms with Crippen LogP contribution in [0.15, 0.2) is 30.3 Å². The van der Waals surface area contributed by atoms with E-state index in [1.165, 1.54) is 0 Å². The molecule has 1 amide bonds. The zero-order valence-corrected chi connectivity index (χ0v) is 11.7. The molecule has 2 N–H and O–H groups in total. The topological polar surface area (TPSA) is 49.3 Å². The predicted molar refractivity (Wildman–Crippen MR) is 73.4 cm³/mol. The van der Waals surface area contributed by atoms with E-state index in [1.807, 2.05) is 58.0 Å². The molecule has 0 aliphatic heterocycles. The summed E-state index contributed by atoms with van der Waals surface area (Å²) in [7, 11) is 0. The summed E-state index contributed by atoms with van der Waals surface area (Å²) in [6, 6.07) is 9.72. The minimum Gasteiger partial charge on any atom is -0.396 e. The molecule has 0 aliphatic carbocycles. The predicted octanol–water partition coefficient (Wildman–Crippen LogP) is 2.24. The molecule has 0 unspecified atom stereocenters. The first-order chi connectivity index (χ1) is 8.29. The van der Waals surface area contributed by atoms with Crippen molar-refractivity contribution < 1.29 is 9.90 Å². The van der Waals surface area contributed by atoms with Gasteiger partial charge in [-0.05, 0) is 39.7 Å². The van der Waals surface area contributed by atoms with Gasteiger partial charge in [-0.2, -0.15) is 0 Å². The smallest absolute Gasteiger partial charge is 0.230 e. The average molecular weight is 249 g/mol. The van der Waals surface area contributed by atoms with Crippen molar-refractivity contribution in [3.8, 4) is 0 Å². The summed E-state index contributed by atoms with van der Waals surface area (Å²) in [6.45, 7) is 7.73. The molecule has 0 heterocycles. The average Bonchev–Trinajstić information content (AvgIpc) is 2.29. The van der Waals surface area contributed by atoms with Crippen LogP contribution in [0.4, 0.5) is 0 Å². The molecule has 18 heavy (non-hydrogen) atoms. The summed E-state index contributed by atoms with van der Waals surface area (Å²) in [6.07, 6.45) is 0.545. The number of aliphatic hydroxyl groups excluding tert-OH is 1. The first-order valence-corrected chi connectivity index (χ1v) is 6.28. The van der Waals surface area contributed by atoms with Gasteiger partial charge in [0.2, 0.25) is 5.91 Å². The molecule has 0 saturated heterocycles. The number of aliphatic hydroxyl groups is 1. The minimum atomic E-state index is -0.575. The summed E-state index contributed by atoms with van der Waals surface area (Å²) in [5, 5.41) is 12.0. The fourth-order valence-electron chi connectivity index (χ4n) is 1.79. The van der Waals surface area contributed by atoms with Crippen LogP contribution in [0.1, 0.15) is 39.7 Å². The summed E-state index contributed by atoms with van der Waals surface area (Å²) in [5.41, 5.74) is 0.0218. The van der Waals surface area contributed by atoms with E-state index >= 15 is 0 Å². The van der Waals surface area contributed by atoms with E-state index in [-0.39, 0.29) is 12.5 Å². The van der Waals surface area contributed by atoms with Gasteiger partial charge in [0.25, 0.3) is 0 Å². The van der Waals surface area contributed by atoms with Gasteiger partial charge in [-0.25, -0.2) is 0 Å². The fraction of sp³-hybridized carbons (Fsp3) is 0.533. The molecule has 0 fully saturated rings. The molecule has 0 aliphatic rings. The highest BCUT2D eigenvalue weighted by molar-refractivity contribution is 5.87. The molecule has 0 aromatic heterocycles. The van der Waals surface area contributed by atoms with Gasteiger partial charge in [0.1, 0.15) is 0 Å². The maximum absolute atomic E-state index is 12.4. The largest absolute Gasteiger partial charge is 0.396 e. The van der Waals surface area contributed by atoms with Crippen LogP contribution in [-0.2, 0) is 10.2 Å². The number of carbonyl (C=O) groups excluding carboxylic acids is 1. The summed E-state index contributed by atoms with van der Waals surface area (Å²) < 4.78 is 0. The number of hydrogen-bond donors (Lipinski definition) is 2. The number of hydrogen-bond acceptors (Lipinski definition) is 2. The standard InChI is InChI=1S/C15H23NO2/c1-14(2,10-11-17)16-13(18)15(3,4)12-8-6-5-7-9-12/h5-9,17H,10-11H2,1-4H3,(H,16,18). The van der Waals surface area contributed by atoms with E-state index in [0.717, 1.165) is 5.56 Å². The molecular weight excluding hydrogens is 226 g/mol. The van der Waals surface area contributed by atoms with Crippen molar-refractivity contribution in [2.24, 2.45) is 0 Å². The zero-order valence-electron chi connectivity index (χ0n) is 11.7. The summed E-state index contributed by atoms with van der Waals surface area (Å²) >= 11 is 0. The molecule has 100 valence electrons. The second kappa shape index (κ2) is 5.53. The quantitative estimate of drug-likeness (QED) is 0.841. The van der Waals surface area contributed by atoms with Crippen molar-refractivity contribution in [3.05, 3.63) is 35.9 Å². The van der Waals surface area contributed by atoms with Gasteiger partial charge in [0.15, 0.2) is 0 Å². The van der Waals surface area contributed by atoms with Gasteiger partial charge < -0.3 is 10.4 Å². The maximum atomic E-state index is 12.4. The lowest BCUT2D eigenvalue weighted by atomic mass is 9.82. The van der Waals surface area contributed by atoms with E-state index in [2.05, 4.69) is 5.32 Å². The Kier molecular flexibility index (Phi) is 4.52. The van der Waals surface area contributed by atoms with Crippen LogP contribution in [-0.4, -0.2) is 23.2 Å². The second-order valence-corrected chi connectivity index (χ2v) is 5.80. The highest BCUT2D eigenvalue weighted by Crippen LogP contribution is 2.24. The third-order valence-corrected chi connectivity index (χ3v) is 3.25. The molecule has 1 aromatic carbocycles. The van der Waals surface area contributed by atoms with E-state index in [4.69, 9.17) is 5.11 Å². The van der Waals surface area contributed by atoms with Crippen molar-refractivity contribution in [1.29, 1.82) is 0 Å². The molecule has 0 radical (unpaired) electrons. The lowest BCUT2D eigenvalue weighted by Gasteiger charge is -2.32. The second-order valence-electron chi connectivity index (χ2n) is 5.80. The Labute approximate surface area is 109 Å². The zero-order chi connectivity index (χ0) is 13.8. The number of nitrogens with one attached hydrogen (secondary N) is 1. The highest BCUT2D eigenvalue weighted by atomic mass is 16.3. The van der Waals surface area contributed by atoms with Crippen LogP contribution < -0.4 is 5.32 Å². The SMILES string of the molecule is CC(C)(CCO)NC(=O)C(C)(C)c1ccccc1. The van der Waals surface area contributed by atoms with Gasteiger partial charge >= 0.3 is 0 Å². The Bertz CT molecular complexity index is 396. The first-order valence-electron chi connectivity index (χ1n) is 6.28. The minimum absolute atomic E-state index is 0.0212. The van der Waals surface area contributed by atoms with Crippen molar-refractivity contribution in [2.75, 3.05) is 6.61 Å². The number of amides is 1. The van der Waals surface area contributed by atoms with E-state index in [1.54, 1.807) is 0 Å². The Morgan fingerprint density at radius 1 is 1.17 bits per heavy atom. The number of benzene rings is 1. The fourth-order valence-corrected chi connectivity index (χ4v) is 1.79. The molecular formula is C15H23NO2. The van der Waals surface area contributed by atoms with Crippen LogP contribution in [0.5, 0.6) is 0 Å². The summed E-state index contributed by atoms with van der Waals surface area (Å²) in [5.74, 6) is -0.0212. The lowest BCUT2D eigenvalue weighted by Crippen LogP contribution is -2.50. The van der Waals surface area contributed by atoms with Gasteiger partial charge in [0.05, 0.1) is 5.41 Å². The first kappa shape index (κ1) is 14.7. The Hall–Kier alpha value is -1.35. The van der Waals surface area contributed by atoms with Gasteiger partial charge in [-0.3, -0.25) is 4.79 Å². The normalized spacial score (nSPS) is 12.3. The van der Waals surface area contributed by atoms with Crippen molar-refractivity contribution in [1.82, 2.24) is 5.32 Å². The molecule has 3 nitrogen and oxygen atoms in total. The Morgan fingerprint density at radius 3 is 2.22 bits per heavy atom. The molecule has 1 rings (SSSR count). The summed E-state index contributed by atoms with van der Waals surface area (Å²) in [4.78, 5) is 12.4.